The summed E-state index contributed by atoms with van der Waals surface area (Å²) in [4.78, 5) is 11.2. The number of hydrogen-bond donors (Lipinski definition) is 1. The summed E-state index contributed by atoms with van der Waals surface area (Å²) in [6, 6.07) is 6.55. The van der Waals surface area contributed by atoms with Crippen molar-refractivity contribution in [3.05, 3.63) is 34.9 Å². The summed E-state index contributed by atoms with van der Waals surface area (Å²) < 4.78 is 61.9. The first kappa shape index (κ1) is 24.6. The number of nitrogens with zero attached hydrogens (tertiary/aromatic N) is 1. The van der Waals surface area contributed by atoms with Gasteiger partial charge in [-0.15, -0.1) is 0 Å². The molecule has 1 N–H and O–H groups in total. The van der Waals surface area contributed by atoms with Crippen molar-refractivity contribution in [2.75, 3.05) is 32.1 Å². The van der Waals surface area contributed by atoms with Gasteiger partial charge in [-0.1, -0.05) is 29.3 Å². The number of hydrogen-bond acceptors (Lipinski definition) is 5. The van der Waals surface area contributed by atoms with Crippen LogP contribution in [0.3, 0.4) is 0 Å². The Morgan fingerprint density at radius 1 is 1.23 bits per heavy atom. The molecule has 2 fully saturated rings. The molecule has 2 saturated heterocycles. The first-order valence-electron chi connectivity index (χ1n) is 9.70. The van der Waals surface area contributed by atoms with E-state index in [2.05, 4.69) is 36.9 Å². The van der Waals surface area contributed by atoms with Crippen LogP contribution in [0.1, 0.15) is 30.0 Å². The monoisotopic (exact) mass is 451 g/mol. The lowest BCUT2D eigenvalue weighted by atomic mass is 9.83. The van der Waals surface area contributed by atoms with Gasteiger partial charge < -0.3 is 9.84 Å². The van der Waals surface area contributed by atoms with E-state index in [0.29, 0.717) is 32.1 Å². The van der Waals surface area contributed by atoms with Crippen molar-refractivity contribution in [2.45, 2.75) is 44.7 Å². The predicted octanol–water partition coefficient (Wildman–Crippen LogP) is 2.96. The second-order valence-electron chi connectivity index (χ2n) is 7.97. The van der Waals surface area contributed by atoms with E-state index < -0.39 is 26.7 Å². The van der Waals surface area contributed by atoms with E-state index in [-0.39, 0.29) is 5.92 Å². The van der Waals surface area contributed by atoms with Crippen molar-refractivity contribution < 1.29 is 36.2 Å². The number of benzene rings is 1. The Balaban J connectivity index is 0.000000396. The Morgan fingerprint density at radius 3 is 2.23 bits per heavy atom. The second-order valence-corrected chi connectivity index (χ2v) is 10.4. The molecule has 0 amide bonds. The Bertz CT molecular complexity index is 843. The van der Waals surface area contributed by atoms with Crippen LogP contribution < -0.4 is 0 Å². The number of halogens is 3. The fourth-order valence-electron chi connectivity index (χ4n) is 4.21. The number of carboxylic acid groups (broad SMARTS) is 1. The Kier molecular flexibility index (Phi) is 7.58. The molecule has 2 heterocycles. The number of rotatable bonds is 5. The van der Waals surface area contributed by atoms with Gasteiger partial charge in [-0.3, -0.25) is 4.90 Å². The van der Waals surface area contributed by atoms with Gasteiger partial charge in [-0.2, -0.15) is 13.2 Å². The molecule has 1 aromatic carbocycles. The Hall–Kier alpha value is -1.65. The van der Waals surface area contributed by atoms with Gasteiger partial charge in [0.1, 0.15) is 4.75 Å². The number of carbonyl (C=O) groups is 1. The quantitative estimate of drug-likeness (QED) is 0.741. The molecule has 1 atom stereocenters. The average Bonchev–Trinajstić information content (AvgIpc) is 2.82. The summed E-state index contributed by atoms with van der Waals surface area (Å²) in [5.41, 5.74) is 3.80. The van der Waals surface area contributed by atoms with E-state index >= 15 is 0 Å². The van der Waals surface area contributed by atoms with Gasteiger partial charge in [-0.05, 0) is 32.8 Å². The molecule has 0 aromatic heterocycles. The third-order valence-corrected chi connectivity index (χ3v) is 8.14. The zero-order valence-electron chi connectivity index (χ0n) is 17.3. The van der Waals surface area contributed by atoms with Crippen molar-refractivity contribution >= 4 is 15.8 Å². The molecular weight excluding hydrogens is 423 g/mol. The zero-order valence-corrected chi connectivity index (χ0v) is 18.1. The van der Waals surface area contributed by atoms with Gasteiger partial charge in [0.15, 0.2) is 9.84 Å². The van der Waals surface area contributed by atoms with Gasteiger partial charge in [0.25, 0.3) is 0 Å². The van der Waals surface area contributed by atoms with Crippen molar-refractivity contribution in [1.82, 2.24) is 4.90 Å². The van der Waals surface area contributed by atoms with Crippen LogP contribution in [-0.4, -0.2) is 67.4 Å². The molecule has 0 saturated carbocycles. The average molecular weight is 452 g/mol. The van der Waals surface area contributed by atoms with Crippen LogP contribution in [0.5, 0.6) is 0 Å². The van der Waals surface area contributed by atoms with Crippen LogP contribution in [0, 0.1) is 19.8 Å². The largest absolute Gasteiger partial charge is 0.490 e. The SMILES string of the molecule is CCOCC1CCS(=O)(=O)C12CN(Cc1cc(C)cc(C)c1)C2.O=C(O)C(F)(F)F. The summed E-state index contributed by atoms with van der Waals surface area (Å²) >= 11 is 0. The van der Waals surface area contributed by atoms with Gasteiger partial charge in [0, 0.05) is 32.2 Å². The molecule has 6 nitrogen and oxygen atoms in total. The minimum atomic E-state index is -5.08. The lowest BCUT2D eigenvalue weighted by Gasteiger charge is -2.50. The molecule has 0 bridgehead atoms. The number of sulfone groups is 1. The van der Waals surface area contributed by atoms with E-state index in [4.69, 9.17) is 14.6 Å². The lowest BCUT2D eigenvalue weighted by molar-refractivity contribution is -0.192. The molecule has 1 spiro atoms. The molecule has 2 aliphatic heterocycles. The van der Waals surface area contributed by atoms with Crippen LogP contribution in [0.4, 0.5) is 13.2 Å². The smallest absolute Gasteiger partial charge is 0.475 e. The number of aliphatic carboxylic acids is 1. The van der Waals surface area contributed by atoms with E-state index in [1.807, 2.05) is 6.92 Å². The van der Waals surface area contributed by atoms with Gasteiger partial charge in [0.2, 0.25) is 0 Å². The number of aryl methyl sites for hydroxylation is 2. The maximum atomic E-state index is 12.6. The molecule has 1 unspecified atom stereocenters. The third kappa shape index (κ3) is 5.53. The maximum Gasteiger partial charge on any atom is 0.490 e. The van der Waals surface area contributed by atoms with Gasteiger partial charge >= 0.3 is 12.1 Å². The second kappa shape index (κ2) is 9.23. The topological polar surface area (TPSA) is 83.9 Å². The van der Waals surface area contributed by atoms with Crippen LogP contribution in [0.15, 0.2) is 18.2 Å². The van der Waals surface area contributed by atoms with Crippen molar-refractivity contribution in [2.24, 2.45) is 5.92 Å². The summed E-state index contributed by atoms with van der Waals surface area (Å²) in [6.45, 7) is 9.54. The Morgan fingerprint density at radius 2 is 1.77 bits per heavy atom. The summed E-state index contributed by atoms with van der Waals surface area (Å²) in [5, 5.41) is 7.12. The highest BCUT2D eigenvalue weighted by molar-refractivity contribution is 7.93. The van der Waals surface area contributed by atoms with E-state index in [1.54, 1.807) is 0 Å². The van der Waals surface area contributed by atoms with Crippen LogP contribution in [0.2, 0.25) is 0 Å². The van der Waals surface area contributed by atoms with Crippen molar-refractivity contribution in [1.29, 1.82) is 0 Å². The normalized spacial score (nSPS) is 22.3. The molecule has 0 aliphatic carbocycles. The summed E-state index contributed by atoms with van der Waals surface area (Å²) in [6.07, 6.45) is -4.33. The highest BCUT2D eigenvalue weighted by atomic mass is 32.2. The van der Waals surface area contributed by atoms with E-state index in [0.717, 1.165) is 13.0 Å². The molecule has 3 rings (SSSR count). The fourth-order valence-corrected chi connectivity index (χ4v) is 6.66. The van der Waals surface area contributed by atoms with E-state index in [1.165, 1.54) is 16.7 Å². The van der Waals surface area contributed by atoms with Crippen molar-refractivity contribution in [3.63, 3.8) is 0 Å². The summed E-state index contributed by atoms with van der Waals surface area (Å²) in [7, 11) is -2.99. The highest BCUT2D eigenvalue weighted by Gasteiger charge is 2.61. The standard InChI is InChI=1S/C18H27NO3S.C2HF3O2/c1-4-22-11-17-5-6-23(20,21)18(17)12-19(13-18)10-16-8-14(2)7-15(3)9-16;3-2(4,5)1(6)7/h7-9,17H,4-6,10-13H2,1-3H3;(H,6,7). The molecular formula is C20H28F3NO5S. The molecule has 0 radical (unpaired) electrons. The number of alkyl halides is 3. The minimum absolute atomic E-state index is 0.156. The first-order chi connectivity index (χ1) is 13.8. The third-order valence-electron chi connectivity index (χ3n) is 5.53. The number of carboxylic acids is 1. The first-order valence-corrected chi connectivity index (χ1v) is 11.4. The lowest BCUT2D eigenvalue weighted by Crippen LogP contribution is -2.67. The predicted molar refractivity (Wildman–Crippen MR) is 106 cm³/mol. The Labute approximate surface area is 174 Å². The molecule has 30 heavy (non-hydrogen) atoms. The minimum Gasteiger partial charge on any atom is -0.475 e. The van der Waals surface area contributed by atoms with E-state index in [9.17, 15) is 21.6 Å². The van der Waals surface area contributed by atoms with Crippen LogP contribution in [0.25, 0.3) is 0 Å². The van der Waals surface area contributed by atoms with Gasteiger partial charge in [-0.25, -0.2) is 13.2 Å². The zero-order chi connectivity index (χ0) is 22.7. The molecule has 170 valence electrons. The molecule has 10 heteroatoms. The van der Waals surface area contributed by atoms with Gasteiger partial charge in [0.05, 0.1) is 12.4 Å². The highest BCUT2D eigenvalue weighted by Crippen LogP contribution is 2.45. The fraction of sp³-hybridized carbons (Fsp3) is 0.650. The maximum absolute atomic E-state index is 12.6. The number of likely N-dealkylation sites (tertiary alicyclic amines) is 1. The van der Waals surface area contributed by atoms with Crippen LogP contribution >= 0.6 is 0 Å². The molecule has 2 aliphatic rings. The number of ether oxygens (including phenoxy) is 1. The summed E-state index contributed by atoms with van der Waals surface area (Å²) in [5.74, 6) is -2.28. The molecule has 1 aromatic rings. The van der Waals surface area contributed by atoms with Crippen molar-refractivity contribution in [3.8, 4) is 0 Å². The van der Waals surface area contributed by atoms with Crippen LogP contribution in [-0.2, 0) is 25.9 Å².